The zero-order valence-corrected chi connectivity index (χ0v) is 11.3. The van der Waals surface area contributed by atoms with Gasteiger partial charge in [-0.3, -0.25) is 4.79 Å². The predicted octanol–water partition coefficient (Wildman–Crippen LogP) is 2.09. The largest absolute Gasteiger partial charge is 0.322 e. The summed E-state index contributed by atoms with van der Waals surface area (Å²) in [7, 11) is 0. The fourth-order valence-electron chi connectivity index (χ4n) is 2.17. The molecule has 1 heterocycles. The van der Waals surface area contributed by atoms with Crippen molar-refractivity contribution in [3.63, 3.8) is 0 Å². The number of fused-ring (bicyclic) bond motifs is 1. The maximum absolute atomic E-state index is 12.0. The molecule has 4 heteroatoms. The molecule has 1 aromatic rings. The Bertz CT molecular complexity index is 459. The highest BCUT2D eigenvalue weighted by molar-refractivity contribution is 7.99. The molecular weight excluding hydrogens is 232 g/mol. The Morgan fingerprint density at radius 3 is 2.88 bits per heavy atom. The summed E-state index contributed by atoms with van der Waals surface area (Å²) in [6.45, 7) is 6.29. The highest BCUT2D eigenvalue weighted by Crippen LogP contribution is 2.40. The first-order valence-corrected chi connectivity index (χ1v) is 6.80. The van der Waals surface area contributed by atoms with Crippen LogP contribution in [0.1, 0.15) is 18.1 Å². The smallest absolute Gasteiger partial charge is 0.241 e. The Morgan fingerprint density at radius 1 is 1.53 bits per heavy atom. The third-order valence-corrected chi connectivity index (χ3v) is 4.56. The minimum Gasteiger partial charge on any atom is -0.322 e. The first-order valence-electron chi connectivity index (χ1n) is 5.81. The summed E-state index contributed by atoms with van der Waals surface area (Å²) in [5.41, 5.74) is 8.97. The van der Waals surface area contributed by atoms with Gasteiger partial charge in [0.15, 0.2) is 0 Å². The van der Waals surface area contributed by atoms with Crippen LogP contribution in [0.15, 0.2) is 17.0 Å². The highest BCUT2D eigenvalue weighted by Gasteiger charge is 2.29. The van der Waals surface area contributed by atoms with Gasteiger partial charge in [-0.1, -0.05) is 6.07 Å². The van der Waals surface area contributed by atoms with Crippen LogP contribution in [0, 0.1) is 13.8 Å². The number of hydrogen-bond acceptors (Lipinski definition) is 3. The van der Waals surface area contributed by atoms with Crippen molar-refractivity contribution in [2.24, 2.45) is 5.73 Å². The summed E-state index contributed by atoms with van der Waals surface area (Å²) in [6.07, 6.45) is 0. The molecule has 0 aromatic heterocycles. The molecule has 0 bridgehead atoms. The Kier molecular flexibility index (Phi) is 3.45. The lowest BCUT2D eigenvalue weighted by Crippen LogP contribution is -2.45. The van der Waals surface area contributed by atoms with Crippen molar-refractivity contribution >= 4 is 23.4 Å². The van der Waals surface area contributed by atoms with Crippen molar-refractivity contribution in [3.05, 3.63) is 23.3 Å². The topological polar surface area (TPSA) is 46.3 Å². The number of nitrogens with zero attached hydrogens (tertiary/aromatic N) is 1. The lowest BCUT2D eigenvalue weighted by molar-refractivity contribution is -0.117. The van der Waals surface area contributed by atoms with E-state index in [1.807, 2.05) is 16.7 Å². The monoisotopic (exact) mass is 250 g/mol. The molecule has 1 aliphatic rings. The van der Waals surface area contributed by atoms with Gasteiger partial charge in [-0.05, 0) is 38.0 Å². The molecule has 17 heavy (non-hydrogen) atoms. The Morgan fingerprint density at radius 2 is 2.24 bits per heavy atom. The SMILES string of the molecule is Cc1ccc2c(c1C)N(C(=O)CN)C(C)CS2. The summed E-state index contributed by atoms with van der Waals surface area (Å²) in [5.74, 6) is 0.939. The van der Waals surface area contributed by atoms with Crippen LogP contribution in [-0.4, -0.2) is 24.2 Å². The number of nitrogens with two attached hydrogens (primary N) is 1. The number of thioether (sulfide) groups is 1. The zero-order valence-electron chi connectivity index (χ0n) is 10.5. The molecule has 3 nitrogen and oxygen atoms in total. The Labute approximate surface area is 106 Å². The molecule has 0 aliphatic carbocycles. The van der Waals surface area contributed by atoms with Crippen LogP contribution >= 0.6 is 11.8 Å². The van der Waals surface area contributed by atoms with E-state index in [0.29, 0.717) is 0 Å². The quantitative estimate of drug-likeness (QED) is 0.830. The van der Waals surface area contributed by atoms with E-state index in [1.165, 1.54) is 16.0 Å². The van der Waals surface area contributed by atoms with E-state index < -0.39 is 0 Å². The summed E-state index contributed by atoms with van der Waals surface area (Å²) in [4.78, 5) is 15.1. The van der Waals surface area contributed by atoms with E-state index in [1.54, 1.807) is 0 Å². The van der Waals surface area contributed by atoms with Gasteiger partial charge in [0.1, 0.15) is 0 Å². The van der Waals surface area contributed by atoms with Crippen molar-refractivity contribution in [1.82, 2.24) is 0 Å². The van der Waals surface area contributed by atoms with Gasteiger partial charge >= 0.3 is 0 Å². The van der Waals surface area contributed by atoms with E-state index >= 15 is 0 Å². The minimum atomic E-state index is 0.00718. The summed E-state index contributed by atoms with van der Waals surface area (Å²) in [5, 5.41) is 0. The maximum atomic E-state index is 12.0. The van der Waals surface area contributed by atoms with Gasteiger partial charge in [0.05, 0.1) is 12.2 Å². The number of carbonyl (C=O) groups excluding carboxylic acids is 1. The molecule has 0 saturated carbocycles. The van der Waals surface area contributed by atoms with Gasteiger partial charge in [0.2, 0.25) is 5.91 Å². The average Bonchev–Trinajstić information content (AvgIpc) is 2.33. The molecule has 0 fully saturated rings. The molecule has 1 aromatic carbocycles. The molecule has 1 aliphatic heterocycles. The predicted molar refractivity (Wildman–Crippen MR) is 72.6 cm³/mol. The van der Waals surface area contributed by atoms with Gasteiger partial charge in [-0.2, -0.15) is 0 Å². The number of benzene rings is 1. The third kappa shape index (κ3) is 2.07. The van der Waals surface area contributed by atoms with E-state index in [0.717, 1.165) is 11.4 Å². The molecular formula is C13H18N2OS. The van der Waals surface area contributed by atoms with Crippen LogP contribution in [0.2, 0.25) is 0 Å². The molecule has 1 atom stereocenters. The number of amides is 1. The first-order chi connectivity index (χ1) is 8.06. The molecule has 0 spiro atoms. The van der Waals surface area contributed by atoms with Gasteiger partial charge in [-0.25, -0.2) is 0 Å². The van der Waals surface area contributed by atoms with Crippen LogP contribution in [0.4, 0.5) is 5.69 Å². The van der Waals surface area contributed by atoms with Gasteiger partial charge in [-0.15, -0.1) is 11.8 Å². The normalized spacial score (nSPS) is 19.1. The van der Waals surface area contributed by atoms with Crippen LogP contribution in [0.3, 0.4) is 0 Å². The molecule has 0 saturated heterocycles. The molecule has 0 radical (unpaired) electrons. The Hall–Kier alpha value is -1.000. The second-order valence-electron chi connectivity index (χ2n) is 4.48. The summed E-state index contributed by atoms with van der Waals surface area (Å²) in [6, 6.07) is 4.43. The van der Waals surface area contributed by atoms with Gasteiger partial charge in [0.25, 0.3) is 0 Å². The van der Waals surface area contributed by atoms with Crippen LogP contribution < -0.4 is 10.6 Å². The van der Waals surface area contributed by atoms with Crippen LogP contribution in [-0.2, 0) is 4.79 Å². The lowest BCUT2D eigenvalue weighted by atomic mass is 10.1. The molecule has 92 valence electrons. The second kappa shape index (κ2) is 4.70. The van der Waals surface area contributed by atoms with E-state index in [9.17, 15) is 4.79 Å². The van der Waals surface area contributed by atoms with E-state index in [4.69, 9.17) is 5.73 Å². The average molecular weight is 250 g/mol. The highest BCUT2D eigenvalue weighted by atomic mass is 32.2. The van der Waals surface area contributed by atoms with Crippen molar-refractivity contribution in [2.75, 3.05) is 17.2 Å². The standard InChI is InChI=1S/C13H18N2OS/c1-8-4-5-11-13(10(8)3)15(12(16)6-14)9(2)7-17-11/h4-5,9H,6-7,14H2,1-3H3. The first kappa shape index (κ1) is 12.5. The second-order valence-corrected chi connectivity index (χ2v) is 5.54. The zero-order chi connectivity index (χ0) is 12.6. The number of aryl methyl sites for hydroxylation is 1. The number of rotatable bonds is 1. The van der Waals surface area contributed by atoms with Gasteiger partial charge in [0, 0.05) is 16.7 Å². The molecule has 1 amide bonds. The summed E-state index contributed by atoms with van der Waals surface area (Å²) >= 11 is 1.82. The summed E-state index contributed by atoms with van der Waals surface area (Å²) < 4.78 is 0. The van der Waals surface area contributed by atoms with Crippen molar-refractivity contribution in [1.29, 1.82) is 0 Å². The van der Waals surface area contributed by atoms with E-state index in [2.05, 4.69) is 32.9 Å². The van der Waals surface area contributed by atoms with Crippen LogP contribution in [0.5, 0.6) is 0 Å². The van der Waals surface area contributed by atoms with E-state index in [-0.39, 0.29) is 18.5 Å². The van der Waals surface area contributed by atoms with Crippen LogP contribution in [0.25, 0.3) is 0 Å². The molecule has 1 unspecified atom stereocenters. The fraction of sp³-hybridized carbons (Fsp3) is 0.462. The van der Waals surface area contributed by atoms with Crippen molar-refractivity contribution in [3.8, 4) is 0 Å². The number of hydrogen-bond donors (Lipinski definition) is 1. The molecule has 2 N–H and O–H groups in total. The lowest BCUT2D eigenvalue weighted by Gasteiger charge is -2.36. The minimum absolute atomic E-state index is 0.00718. The number of carbonyl (C=O) groups is 1. The number of anilines is 1. The van der Waals surface area contributed by atoms with Crippen molar-refractivity contribution < 1.29 is 4.79 Å². The third-order valence-electron chi connectivity index (χ3n) is 3.27. The molecule has 2 rings (SSSR count). The Balaban J connectivity index is 2.57. The fourth-order valence-corrected chi connectivity index (χ4v) is 3.29. The maximum Gasteiger partial charge on any atom is 0.241 e. The van der Waals surface area contributed by atoms with Crippen molar-refractivity contribution in [2.45, 2.75) is 31.7 Å². The van der Waals surface area contributed by atoms with Gasteiger partial charge < -0.3 is 10.6 Å².